The molecule has 0 fully saturated rings. The first-order valence-corrected chi connectivity index (χ1v) is 9.67. The Labute approximate surface area is 162 Å². The molecular weight excluding hydrogens is 362 g/mol. The summed E-state index contributed by atoms with van der Waals surface area (Å²) in [5.41, 5.74) is 4.10. The van der Waals surface area contributed by atoms with Crippen LogP contribution in [0, 0.1) is 13.8 Å². The molecule has 0 aliphatic heterocycles. The lowest BCUT2D eigenvalue weighted by Gasteiger charge is -2.05. The topological polar surface area (TPSA) is 97.6 Å². The van der Waals surface area contributed by atoms with E-state index in [0.29, 0.717) is 11.7 Å². The molecule has 0 unspecified atom stereocenters. The maximum absolute atomic E-state index is 12.0. The largest absolute Gasteiger partial charge is 0.332 e. The van der Waals surface area contributed by atoms with Crippen molar-refractivity contribution >= 4 is 22.5 Å². The van der Waals surface area contributed by atoms with Crippen LogP contribution in [-0.4, -0.2) is 31.0 Å². The molecule has 0 saturated carbocycles. The molecule has 3 aromatic rings. The van der Waals surface area contributed by atoms with Crippen molar-refractivity contribution < 1.29 is 4.79 Å². The van der Waals surface area contributed by atoms with Crippen molar-refractivity contribution in [1.29, 1.82) is 0 Å². The summed E-state index contributed by atoms with van der Waals surface area (Å²) in [5.74, 6) is 0. The first-order valence-electron chi connectivity index (χ1n) is 8.85. The van der Waals surface area contributed by atoms with E-state index in [2.05, 4.69) is 37.8 Å². The standard InChI is InChI=1S/C18H23N7OS/c1-4-14-5-6-15(19-10-14)11-20-17(26)21-18-23-22-16(27-18)7-8-25-13(3)9-12(2)24-25/h5-6,9-10H,4,7-8,11H2,1-3H3,(H2,20,21,23,26). The number of aryl methyl sites for hydroxylation is 5. The number of urea groups is 1. The van der Waals surface area contributed by atoms with Crippen LogP contribution in [0.15, 0.2) is 24.4 Å². The zero-order valence-corrected chi connectivity index (χ0v) is 16.5. The van der Waals surface area contributed by atoms with E-state index >= 15 is 0 Å². The minimum Gasteiger partial charge on any atom is -0.332 e. The van der Waals surface area contributed by atoms with Gasteiger partial charge in [0, 0.05) is 24.9 Å². The van der Waals surface area contributed by atoms with Gasteiger partial charge in [0.05, 0.1) is 17.9 Å². The van der Waals surface area contributed by atoms with Gasteiger partial charge >= 0.3 is 6.03 Å². The Balaban J connectivity index is 1.46. The van der Waals surface area contributed by atoms with Gasteiger partial charge in [-0.05, 0) is 38.0 Å². The van der Waals surface area contributed by atoms with Crippen molar-refractivity contribution in [3.05, 3.63) is 52.0 Å². The number of rotatable bonds is 7. The van der Waals surface area contributed by atoms with Gasteiger partial charge < -0.3 is 5.32 Å². The van der Waals surface area contributed by atoms with Crippen LogP contribution in [0.5, 0.6) is 0 Å². The second-order valence-electron chi connectivity index (χ2n) is 6.22. The van der Waals surface area contributed by atoms with E-state index in [4.69, 9.17) is 0 Å². The quantitative estimate of drug-likeness (QED) is 0.652. The predicted octanol–water partition coefficient (Wildman–Crippen LogP) is 2.87. The van der Waals surface area contributed by atoms with E-state index in [1.54, 1.807) is 0 Å². The fraction of sp³-hybridized carbons (Fsp3) is 0.389. The third-order valence-electron chi connectivity index (χ3n) is 4.05. The van der Waals surface area contributed by atoms with Crippen LogP contribution in [0.25, 0.3) is 0 Å². The van der Waals surface area contributed by atoms with Gasteiger partial charge in [-0.1, -0.05) is 24.3 Å². The molecule has 3 heterocycles. The number of aromatic nitrogens is 5. The van der Waals surface area contributed by atoms with Gasteiger partial charge in [0.1, 0.15) is 5.01 Å². The van der Waals surface area contributed by atoms with Crippen molar-refractivity contribution in [3.63, 3.8) is 0 Å². The molecule has 0 aliphatic carbocycles. The summed E-state index contributed by atoms with van der Waals surface area (Å²) in [4.78, 5) is 16.3. The van der Waals surface area contributed by atoms with Crippen LogP contribution in [0.4, 0.5) is 9.93 Å². The fourth-order valence-electron chi connectivity index (χ4n) is 2.59. The highest BCUT2D eigenvalue weighted by Crippen LogP contribution is 2.16. The van der Waals surface area contributed by atoms with E-state index in [-0.39, 0.29) is 6.03 Å². The van der Waals surface area contributed by atoms with E-state index in [1.165, 1.54) is 16.9 Å². The van der Waals surface area contributed by atoms with Crippen LogP contribution >= 0.6 is 11.3 Å². The summed E-state index contributed by atoms with van der Waals surface area (Å²) in [7, 11) is 0. The maximum atomic E-state index is 12.0. The molecule has 3 aromatic heterocycles. The van der Waals surface area contributed by atoms with Crippen molar-refractivity contribution in [1.82, 2.24) is 30.3 Å². The normalized spacial score (nSPS) is 10.8. The number of pyridine rings is 1. The number of carbonyl (C=O) groups excluding carboxylic acids is 1. The molecule has 2 N–H and O–H groups in total. The zero-order valence-electron chi connectivity index (χ0n) is 15.7. The number of hydrogen-bond donors (Lipinski definition) is 2. The molecule has 2 amide bonds. The highest BCUT2D eigenvalue weighted by molar-refractivity contribution is 7.15. The first kappa shape index (κ1) is 19.0. The van der Waals surface area contributed by atoms with Crippen LogP contribution in [0.2, 0.25) is 0 Å². The fourth-order valence-corrected chi connectivity index (χ4v) is 3.31. The molecule has 0 atom stereocenters. The monoisotopic (exact) mass is 385 g/mol. The van der Waals surface area contributed by atoms with Gasteiger partial charge in [-0.2, -0.15) is 5.10 Å². The molecule has 0 bridgehead atoms. The van der Waals surface area contributed by atoms with Gasteiger partial charge in [-0.15, -0.1) is 10.2 Å². The average molecular weight is 385 g/mol. The van der Waals surface area contributed by atoms with Crippen molar-refractivity contribution in [2.24, 2.45) is 0 Å². The molecule has 0 aromatic carbocycles. The Hall–Kier alpha value is -2.81. The van der Waals surface area contributed by atoms with Gasteiger partial charge in [-0.3, -0.25) is 15.0 Å². The summed E-state index contributed by atoms with van der Waals surface area (Å²) >= 11 is 1.37. The van der Waals surface area contributed by atoms with Gasteiger partial charge in [-0.25, -0.2) is 4.79 Å². The van der Waals surface area contributed by atoms with Gasteiger partial charge in [0.15, 0.2) is 0 Å². The smallest absolute Gasteiger partial charge is 0.321 e. The average Bonchev–Trinajstić information content (AvgIpc) is 3.24. The van der Waals surface area contributed by atoms with E-state index in [9.17, 15) is 4.79 Å². The minimum absolute atomic E-state index is 0.322. The highest BCUT2D eigenvalue weighted by atomic mass is 32.1. The number of nitrogens with zero attached hydrogens (tertiary/aromatic N) is 5. The van der Waals surface area contributed by atoms with Crippen LogP contribution in [0.3, 0.4) is 0 Å². The van der Waals surface area contributed by atoms with Crippen molar-refractivity contribution in [2.75, 3.05) is 5.32 Å². The van der Waals surface area contributed by atoms with Gasteiger partial charge in [0.2, 0.25) is 5.13 Å². The lowest BCUT2D eigenvalue weighted by molar-refractivity contribution is 0.251. The Kier molecular flexibility index (Phi) is 6.12. The zero-order chi connectivity index (χ0) is 19.2. The number of amides is 2. The van der Waals surface area contributed by atoms with Crippen LogP contribution < -0.4 is 10.6 Å². The molecule has 3 rings (SSSR count). The third kappa shape index (κ3) is 5.33. The van der Waals surface area contributed by atoms with Crippen molar-refractivity contribution in [2.45, 2.75) is 46.7 Å². The molecular formula is C18H23N7OS. The number of carbonyl (C=O) groups is 1. The van der Waals surface area contributed by atoms with Crippen molar-refractivity contribution in [3.8, 4) is 0 Å². The summed E-state index contributed by atoms with van der Waals surface area (Å²) < 4.78 is 1.95. The highest BCUT2D eigenvalue weighted by Gasteiger charge is 2.09. The molecule has 27 heavy (non-hydrogen) atoms. The number of anilines is 1. The molecule has 8 nitrogen and oxygen atoms in total. The number of hydrogen-bond acceptors (Lipinski definition) is 6. The molecule has 0 aliphatic rings. The van der Waals surface area contributed by atoms with E-state index < -0.39 is 0 Å². The van der Waals surface area contributed by atoms with Gasteiger partial charge in [0.25, 0.3) is 0 Å². The summed E-state index contributed by atoms with van der Waals surface area (Å²) in [6.45, 7) is 7.18. The van der Waals surface area contributed by atoms with E-state index in [0.717, 1.165) is 41.5 Å². The molecule has 142 valence electrons. The Morgan fingerprint density at radius 1 is 1.26 bits per heavy atom. The SMILES string of the molecule is CCc1ccc(CNC(=O)Nc2nnc(CCn3nc(C)cc3C)s2)nc1. The Morgan fingerprint density at radius 3 is 2.78 bits per heavy atom. The summed E-state index contributed by atoms with van der Waals surface area (Å²) in [5, 5.41) is 19.4. The summed E-state index contributed by atoms with van der Waals surface area (Å²) in [6.07, 6.45) is 3.49. The second kappa shape index (κ2) is 8.72. The third-order valence-corrected chi connectivity index (χ3v) is 4.95. The Bertz CT molecular complexity index is 901. The predicted molar refractivity (Wildman–Crippen MR) is 105 cm³/mol. The Morgan fingerprint density at radius 2 is 2.11 bits per heavy atom. The first-order chi connectivity index (χ1) is 13.0. The molecule has 0 radical (unpaired) electrons. The maximum Gasteiger partial charge on any atom is 0.321 e. The summed E-state index contributed by atoms with van der Waals surface area (Å²) in [6, 6.07) is 5.66. The lowest BCUT2D eigenvalue weighted by atomic mass is 10.2. The van der Waals surface area contributed by atoms with Crippen LogP contribution in [-0.2, 0) is 25.9 Å². The second-order valence-corrected chi connectivity index (χ2v) is 7.28. The minimum atomic E-state index is -0.322. The molecule has 0 saturated heterocycles. The van der Waals surface area contributed by atoms with E-state index in [1.807, 2.05) is 42.9 Å². The van der Waals surface area contributed by atoms with Crippen LogP contribution in [0.1, 0.15) is 34.6 Å². The molecule has 0 spiro atoms. The number of nitrogens with one attached hydrogen (secondary N) is 2. The lowest BCUT2D eigenvalue weighted by Crippen LogP contribution is -2.28. The molecule has 9 heteroatoms.